The fraction of sp³-hybridized carbons (Fsp3) is 0.333. The standard InChI is InChI=1S/C12H17N5O2S/c1-10-8-11(9-13)2-3-12(10)20(18,19)15-5-7-17-6-4-14-16-17/h2-4,6,8,15H,5,7,9,13H2,1H3. The molecule has 2 aromatic rings. The van der Waals surface area contributed by atoms with Gasteiger partial charge in [-0.1, -0.05) is 17.3 Å². The molecular formula is C12H17N5O2S. The maximum absolute atomic E-state index is 12.2. The summed E-state index contributed by atoms with van der Waals surface area (Å²) in [7, 11) is -3.52. The lowest BCUT2D eigenvalue weighted by Gasteiger charge is -2.10. The number of aryl methyl sites for hydroxylation is 1. The van der Waals surface area contributed by atoms with Gasteiger partial charge in [-0.05, 0) is 24.1 Å². The molecule has 0 fully saturated rings. The van der Waals surface area contributed by atoms with Gasteiger partial charge in [0.25, 0.3) is 0 Å². The zero-order valence-corrected chi connectivity index (χ0v) is 12.0. The number of benzene rings is 1. The molecule has 1 heterocycles. The van der Waals surface area contributed by atoms with Crippen molar-refractivity contribution in [3.63, 3.8) is 0 Å². The summed E-state index contributed by atoms with van der Waals surface area (Å²) in [6, 6.07) is 5.08. The van der Waals surface area contributed by atoms with E-state index in [1.807, 2.05) is 0 Å². The van der Waals surface area contributed by atoms with Gasteiger partial charge in [-0.3, -0.25) is 4.68 Å². The summed E-state index contributed by atoms with van der Waals surface area (Å²) < 4.78 is 28.5. The Bertz CT molecular complexity index is 667. The Morgan fingerprint density at radius 2 is 2.20 bits per heavy atom. The molecule has 1 aromatic carbocycles. The number of rotatable bonds is 6. The van der Waals surface area contributed by atoms with Crippen LogP contribution in [0.1, 0.15) is 11.1 Å². The summed E-state index contributed by atoms with van der Waals surface area (Å²) >= 11 is 0. The maximum Gasteiger partial charge on any atom is 0.240 e. The van der Waals surface area contributed by atoms with Crippen LogP contribution in [-0.4, -0.2) is 30.0 Å². The lowest BCUT2D eigenvalue weighted by Crippen LogP contribution is -2.28. The predicted octanol–water partition coefficient (Wildman–Crippen LogP) is 0.0237. The van der Waals surface area contributed by atoms with Crippen molar-refractivity contribution in [1.29, 1.82) is 0 Å². The molecule has 8 heteroatoms. The van der Waals surface area contributed by atoms with Crippen LogP contribution < -0.4 is 10.5 Å². The minimum atomic E-state index is -3.52. The molecule has 2 rings (SSSR count). The molecule has 0 atom stereocenters. The summed E-state index contributed by atoms with van der Waals surface area (Å²) in [5.74, 6) is 0. The molecule has 108 valence electrons. The van der Waals surface area contributed by atoms with Gasteiger partial charge in [0.05, 0.1) is 17.6 Å². The fourth-order valence-corrected chi connectivity index (χ4v) is 3.11. The van der Waals surface area contributed by atoms with Gasteiger partial charge in [0.15, 0.2) is 0 Å². The van der Waals surface area contributed by atoms with E-state index in [0.717, 1.165) is 5.56 Å². The van der Waals surface area contributed by atoms with Crippen LogP contribution in [0.4, 0.5) is 0 Å². The molecule has 0 aliphatic carbocycles. The highest BCUT2D eigenvalue weighted by atomic mass is 32.2. The van der Waals surface area contributed by atoms with E-state index in [2.05, 4.69) is 15.0 Å². The van der Waals surface area contributed by atoms with Gasteiger partial charge in [-0.25, -0.2) is 13.1 Å². The monoisotopic (exact) mass is 295 g/mol. The molecule has 0 aliphatic rings. The van der Waals surface area contributed by atoms with Gasteiger partial charge in [0, 0.05) is 19.3 Å². The number of nitrogens with one attached hydrogen (secondary N) is 1. The third-order valence-electron chi connectivity index (χ3n) is 2.87. The molecule has 20 heavy (non-hydrogen) atoms. The number of sulfonamides is 1. The Kier molecular flexibility index (Phi) is 4.48. The molecule has 3 N–H and O–H groups in total. The van der Waals surface area contributed by atoms with Crippen molar-refractivity contribution in [3.05, 3.63) is 41.7 Å². The molecule has 1 aromatic heterocycles. The van der Waals surface area contributed by atoms with Crippen LogP contribution in [0.5, 0.6) is 0 Å². The van der Waals surface area contributed by atoms with Crippen LogP contribution >= 0.6 is 0 Å². The third kappa shape index (κ3) is 3.41. The molecule has 0 spiro atoms. The van der Waals surface area contributed by atoms with E-state index in [9.17, 15) is 8.42 Å². The Morgan fingerprint density at radius 1 is 1.40 bits per heavy atom. The Labute approximate surface area is 117 Å². The Balaban J connectivity index is 2.06. The van der Waals surface area contributed by atoms with E-state index in [4.69, 9.17) is 5.73 Å². The van der Waals surface area contributed by atoms with Gasteiger partial charge in [-0.2, -0.15) is 0 Å². The molecule has 7 nitrogen and oxygen atoms in total. The quantitative estimate of drug-likeness (QED) is 0.782. The summed E-state index contributed by atoms with van der Waals surface area (Å²) in [6.45, 7) is 2.83. The highest BCUT2D eigenvalue weighted by molar-refractivity contribution is 7.89. The molecule has 0 amide bonds. The van der Waals surface area contributed by atoms with Crippen molar-refractivity contribution in [3.8, 4) is 0 Å². The summed E-state index contributed by atoms with van der Waals surface area (Å²) in [4.78, 5) is 0.272. The van der Waals surface area contributed by atoms with Crippen LogP contribution in [0.15, 0.2) is 35.5 Å². The second kappa shape index (κ2) is 6.12. The lowest BCUT2D eigenvalue weighted by molar-refractivity contribution is 0.552. The highest BCUT2D eigenvalue weighted by Gasteiger charge is 2.16. The van der Waals surface area contributed by atoms with Crippen LogP contribution in [0.2, 0.25) is 0 Å². The lowest BCUT2D eigenvalue weighted by atomic mass is 10.1. The van der Waals surface area contributed by atoms with Crippen molar-refractivity contribution in [2.45, 2.75) is 24.9 Å². The van der Waals surface area contributed by atoms with E-state index < -0.39 is 10.0 Å². The van der Waals surface area contributed by atoms with Crippen LogP contribution in [-0.2, 0) is 23.1 Å². The van der Waals surface area contributed by atoms with Gasteiger partial charge in [0.2, 0.25) is 10.0 Å². The summed E-state index contributed by atoms with van der Waals surface area (Å²) in [5.41, 5.74) is 7.12. The summed E-state index contributed by atoms with van der Waals surface area (Å²) in [6.07, 6.45) is 3.22. The zero-order chi connectivity index (χ0) is 14.6. The van der Waals surface area contributed by atoms with Crippen molar-refractivity contribution >= 4 is 10.0 Å². The second-order valence-corrected chi connectivity index (χ2v) is 6.10. The van der Waals surface area contributed by atoms with Crippen molar-refractivity contribution in [1.82, 2.24) is 19.7 Å². The third-order valence-corrected chi connectivity index (χ3v) is 4.49. The molecule has 0 saturated carbocycles. The second-order valence-electron chi connectivity index (χ2n) is 4.37. The number of hydrogen-bond donors (Lipinski definition) is 2. The highest BCUT2D eigenvalue weighted by Crippen LogP contribution is 2.16. The van der Waals surface area contributed by atoms with Gasteiger partial charge in [0.1, 0.15) is 0 Å². The average molecular weight is 295 g/mol. The molecular weight excluding hydrogens is 278 g/mol. The summed E-state index contributed by atoms with van der Waals surface area (Å²) in [5, 5.41) is 7.42. The minimum absolute atomic E-state index is 0.254. The van der Waals surface area contributed by atoms with Gasteiger partial charge < -0.3 is 5.73 Å². The topological polar surface area (TPSA) is 103 Å². The number of aromatic nitrogens is 3. The maximum atomic E-state index is 12.2. The van der Waals surface area contributed by atoms with Crippen LogP contribution in [0.3, 0.4) is 0 Å². The molecule has 0 bridgehead atoms. The van der Waals surface area contributed by atoms with Crippen LogP contribution in [0, 0.1) is 6.92 Å². The van der Waals surface area contributed by atoms with Crippen molar-refractivity contribution in [2.75, 3.05) is 6.54 Å². The smallest absolute Gasteiger partial charge is 0.240 e. The molecule has 0 unspecified atom stereocenters. The first kappa shape index (κ1) is 14.6. The predicted molar refractivity (Wildman–Crippen MR) is 74.3 cm³/mol. The molecule has 0 aliphatic heterocycles. The van der Waals surface area contributed by atoms with Gasteiger partial charge >= 0.3 is 0 Å². The number of hydrogen-bond acceptors (Lipinski definition) is 5. The first-order valence-corrected chi connectivity index (χ1v) is 7.64. The largest absolute Gasteiger partial charge is 0.326 e. The fourth-order valence-electron chi connectivity index (χ4n) is 1.86. The van der Waals surface area contributed by atoms with E-state index in [1.165, 1.54) is 0 Å². The van der Waals surface area contributed by atoms with Crippen LogP contribution in [0.25, 0.3) is 0 Å². The Hall–Kier alpha value is -1.77. The molecule has 0 saturated heterocycles. The average Bonchev–Trinajstić information content (AvgIpc) is 2.91. The Morgan fingerprint density at radius 3 is 2.80 bits per heavy atom. The van der Waals surface area contributed by atoms with Crippen molar-refractivity contribution in [2.24, 2.45) is 5.73 Å². The van der Waals surface area contributed by atoms with E-state index >= 15 is 0 Å². The van der Waals surface area contributed by atoms with E-state index in [0.29, 0.717) is 18.7 Å². The number of nitrogens with two attached hydrogens (primary N) is 1. The first-order chi connectivity index (χ1) is 9.53. The van der Waals surface area contributed by atoms with E-state index in [-0.39, 0.29) is 11.4 Å². The zero-order valence-electron chi connectivity index (χ0n) is 11.2. The van der Waals surface area contributed by atoms with E-state index in [1.54, 1.807) is 42.2 Å². The minimum Gasteiger partial charge on any atom is -0.326 e. The molecule has 0 radical (unpaired) electrons. The number of nitrogens with zero attached hydrogens (tertiary/aromatic N) is 3. The normalized spacial score (nSPS) is 11.7. The first-order valence-electron chi connectivity index (χ1n) is 6.16. The van der Waals surface area contributed by atoms with Crippen molar-refractivity contribution < 1.29 is 8.42 Å². The van der Waals surface area contributed by atoms with Gasteiger partial charge in [-0.15, -0.1) is 5.10 Å². The SMILES string of the molecule is Cc1cc(CN)ccc1S(=O)(=O)NCCn1ccnn1.